The SMILES string of the molecule is CC/C=C\C/C=C\C/C=C\C/C=C\C/C=C\C/C=C\CCCCCCCCCCCCCCC(=O)OC(COC(=O)CCCCCCCCCCCCCCC)COC(OCC[N+](C)(C)C)C(=O)O. The highest BCUT2D eigenvalue weighted by atomic mass is 16.7. The number of carboxylic acids is 1. The number of quaternary nitrogens is 1. The Hall–Kier alpha value is -3.27. The first kappa shape index (κ1) is 65.7. The van der Waals surface area contributed by atoms with Crippen LogP contribution in [0.4, 0.5) is 0 Å². The zero-order chi connectivity index (χ0) is 50.6. The van der Waals surface area contributed by atoms with Gasteiger partial charge in [-0.2, -0.15) is 0 Å². The Kier molecular flexibility index (Phi) is 48.7. The molecular formula is C60H106NO8+. The number of aliphatic carboxylic acids is 1. The lowest BCUT2D eigenvalue weighted by Gasteiger charge is -2.25. The molecule has 0 aromatic heterocycles. The summed E-state index contributed by atoms with van der Waals surface area (Å²) in [6, 6.07) is 0. The molecule has 0 heterocycles. The van der Waals surface area contributed by atoms with E-state index < -0.39 is 24.3 Å². The Labute approximate surface area is 424 Å². The molecule has 0 saturated carbocycles. The fraction of sp³-hybridized carbons (Fsp3) is 0.750. The van der Waals surface area contributed by atoms with Gasteiger partial charge in [-0.3, -0.25) is 9.59 Å². The van der Waals surface area contributed by atoms with Crippen molar-refractivity contribution in [3.63, 3.8) is 0 Å². The van der Waals surface area contributed by atoms with Crippen LogP contribution in [0.3, 0.4) is 0 Å². The summed E-state index contributed by atoms with van der Waals surface area (Å²) in [4.78, 5) is 37.3. The van der Waals surface area contributed by atoms with Crippen LogP contribution in [0.2, 0.25) is 0 Å². The van der Waals surface area contributed by atoms with E-state index in [1.54, 1.807) is 0 Å². The van der Waals surface area contributed by atoms with Crippen LogP contribution in [0, 0.1) is 0 Å². The molecule has 69 heavy (non-hydrogen) atoms. The maximum atomic E-state index is 12.9. The number of likely N-dealkylation sites (N-methyl/N-ethyl adjacent to an activating group) is 1. The van der Waals surface area contributed by atoms with Crippen LogP contribution in [0.15, 0.2) is 72.9 Å². The second kappa shape index (κ2) is 51.1. The van der Waals surface area contributed by atoms with Crippen molar-refractivity contribution in [3.05, 3.63) is 72.9 Å². The van der Waals surface area contributed by atoms with Gasteiger partial charge < -0.3 is 28.5 Å². The number of ether oxygens (including phenoxy) is 4. The molecule has 0 rings (SSSR count). The van der Waals surface area contributed by atoms with Crippen molar-refractivity contribution in [2.45, 2.75) is 245 Å². The summed E-state index contributed by atoms with van der Waals surface area (Å²) in [5, 5.41) is 9.68. The molecule has 9 nitrogen and oxygen atoms in total. The highest BCUT2D eigenvalue weighted by molar-refractivity contribution is 5.71. The molecule has 0 aliphatic rings. The largest absolute Gasteiger partial charge is 0.477 e. The highest BCUT2D eigenvalue weighted by Crippen LogP contribution is 2.16. The molecule has 0 aliphatic heterocycles. The van der Waals surface area contributed by atoms with E-state index in [9.17, 15) is 19.5 Å². The third-order valence-corrected chi connectivity index (χ3v) is 12.0. The topological polar surface area (TPSA) is 108 Å². The number of hydrogen-bond donors (Lipinski definition) is 1. The van der Waals surface area contributed by atoms with Gasteiger partial charge in [-0.15, -0.1) is 0 Å². The zero-order valence-corrected chi connectivity index (χ0v) is 45.2. The molecular weight excluding hydrogens is 863 g/mol. The third-order valence-electron chi connectivity index (χ3n) is 12.0. The Morgan fingerprint density at radius 2 is 0.826 bits per heavy atom. The fourth-order valence-corrected chi connectivity index (χ4v) is 7.66. The molecule has 0 bridgehead atoms. The standard InChI is InChI=1S/C60H105NO8/c1-6-8-10-12-14-16-18-20-21-22-23-24-25-26-27-28-29-30-31-32-33-34-35-36-37-39-41-43-45-47-49-51-58(63)69-56(55-68-60(59(64)65)66-53-52-61(3,4)5)54-67-57(62)50-48-46-44-42-40-38-19-17-15-13-11-9-7-2/h8,10,14,16,20-21,23-24,26-27,29-30,56,60H,6-7,9,11-13,15,17-19,22,25,28,31-55H2,1-5H3/p+1/b10-8-,16-14-,21-20-,24-23-,27-26-,30-29-. The Bertz CT molecular complexity index is 1360. The van der Waals surface area contributed by atoms with Crippen LogP contribution in [0.5, 0.6) is 0 Å². The number of allylic oxidation sites excluding steroid dienone is 12. The van der Waals surface area contributed by atoms with Crippen molar-refractivity contribution in [3.8, 4) is 0 Å². The van der Waals surface area contributed by atoms with Crippen LogP contribution >= 0.6 is 0 Å². The molecule has 2 unspecified atom stereocenters. The van der Waals surface area contributed by atoms with Gasteiger partial charge in [0, 0.05) is 12.8 Å². The number of rotatable bonds is 51. The predicted molar refractivity (Wildman–Crippen MR) is 290 cm³/mol. The molecule has 0 fully saturated rings. The first-order valence-corrected chi connectivity index (χ1v) is 28.1. The quantitative estimate of drug-likeness (QED) is 0.0211. The molecule has 0 radical (unpaired) electrons. The van der Waals surface area contributed by atoms with Gasteiger partial charge in [0.2, 0.25) is 0 Å². The van der Waals surface area contributed by atoms with Gasteiger partial charge in [0.25, 0.3) is 6.29 Å². The van der Waals surface area contributed by atoms with E-state index in [0.29, 0.717) is 17.4 Å². The average Bonchev–Trinajstić information content (AvgIpc) is 3.31. The van der Waals surface area contributed by atoms with E-state index in [-0.39, 0.29) is 32.2 Å². The van der Waals surface area contributed by atoms with Crippen LogP contribution in [0.25, 0.3) is 0 Å². The molecule has 1 N–H and O–H groups in total. The van der Waals surface area contributed by atoms with Gasteiger partial charge in [-0.25, -0.2) is 4.79 Å². The molecule has 2 atom stereocenters. The summed E-state index contributed by atoms with van der Waals surface area (Å²) in [6.45, 7) is 4.77. The number of unbranched alkanes of at least 4 members (excludes halogenated alkanes) is 24. The minimum Gasteiger partial charge on any atom is -0.477 e. The van der Waals surface area contributed by atoms with Crippen molar-refractivity contribution < 1.29 is 42.9 Å². The van der Waals surface area contributed by atoms with Gasteiger partial charge in [-0.1, -0.05) is 228 Å². The van der Waals surface area contributed by atoms with Crippen LogP contribution in [0.1, 0.15) is 232 Å². The smallest absolute Gasteiger partial charge is 0.361 e. The van der Waals surface area contributed by atoms with Crippen molar-refractivity contribution >= 4 is 17.9 Å². The molecule has 0 saturated heterocycles. The molecule has 0 aromatic rings. The Balaban J connectivity index is 4.18. The summed E-state index contributed by atoms with van der Waals surface area (Å²) in [7, 11) is 5.96. The minimum atomic E-state index is -1.51. The van der Waals surface area contributed by atoms with Gasteiger partial charge in [-0.05, 0) is 64.2 Å². The van der Waals surface area contributed by atoms with Crippen molar-refractivity contribution in [2.75, 3.05) is 47.5 Å². The number of esters is 2. The first-order valence-electron chi connectivity index (χ1n) is 28.1. The number of hydrogen-bond acceptors (Lipinski definition) is 7. The average molecular weight is 970 g/mol. The van der Waals surface area contributed by atoms with Gasteiger partial charge in [0.1, 0.15) is 13.2 Å². The van der Waals surface area contributed by atoms with Gasteiger partial charge in [0.15, 0.2) is 6.10 Å². The maximum Gasteiger partial charge on any atom is 0.361 e. The summed E-state index contributed by atoms with van der Waals surface area (Å²) in [5.41, 5.74) is 0. The summed E-state index contributed by atoms with van der Waals surface area (Å²) in [5.74, 6) is -2.00. The molecule has 0 spiro atoms. The Morgan fingerprint density at radius 3 is 1.23 bits per heavy atom. The van der Waals surface area contributed by atoms with E-state index in [2.05, 4.69) is 86.8 Å². The highest BCUT2D eigenvalue weighted by Gasteiger charge is 2.25. The van der Waals surface area contributed by atoms with Crippen LogP contribution in [-0.2, 0) is 33.3 Å². The Morgan fingerprint density at radius 1 is 0.449 bits per heavy atom. The third kappa shape index (κ3) is 52.4. The number of nitrogens with zero attached hydrogens (tertiary/aromatic N) is 1. The number of carboxylic acid groups (broad SMARTS) is 1. The number of carbonyl (C=O) groups excluding carboxylic acids is 2. The molecule has 9 heteroatoms. The predicted octanol–water partition coefficient (Wildman–Crippen LogP) is 16.2. The fourth-order valence-electron chi connectivity index (χ4n) is 7.66. The van der Waals surface area contributed by atoms with E-state index in [0.717, 1.165) is 83.5 Å². The van der Waals surface area contributed by atoms with E-state index in [1.807, 2.05) is 21.1 Å². The van der Waals surface area contributed by atoms with Crippen LogP contribution in [-0.4, -0.2) is 87.4 Å². The second-order valence-corrected chi connectivity index (χ2v) is 19.9. The van der Waals surface area contributed by atoms with Crippen LogP contribution < -0.4 is 0 Å². The van der Waals surface area contributed by atoms with Gasteiger partial charge >= 0.3 is 17.9 Å². The van der Waals surface area contributed by atoms with Crippen molar-refractivity contribution in [1.82, 2.24) is 0 Å². The normalized spacial score (nSPS) is 13.3. The second-order valence-electron chi connectivity index (χ2n) is 19.9. The van der Waals surface area contributed by atoms with E-state index in [4.69, 9.17) is 18.9 Å². The van der Waals surface area contributed by atoms with E-state index in [1.165, 1.54) is 122 Å². The molecule has 0 amide bonds. The molecule has 0 aliphatic carbocycles. The first-order chi connectivity index (χ1) is 33.6. The van der Waals surface area contributed by atoms with Gasteiger partial charge in [0.05, 0.1) is 34.4 Å². The van der Waals surface area contributed by atoms with E-state index >= 15 is 0 Å². The number of carbonyl (C=O) groups is 3. The summed E-state index contributed by atoms with van der Waals surface area (Å²) < 4.78 is 22.8. The summed E-state index contributed by atoms with van der Waals surface area (Å²) >= 11 is 0. The lowest BCUT2D eigenvalue weighted by molar-refractivity contribution is -0.870. The molecule has 398 valence electrons. The lowest BCUT2D eigenvalue weighted by atomic mass is 10.0. The lowest BCUT2D eigenvalue weighted by Crippen LogP contribution is -2.40. The summed E-state index contributed by atoms with van der Waals surface area (Å²) in [6.07, 6.45) is 62.6. The zero-order valence-electron chi connectivity index (χ0n) is 45.2. The minimum absolute atomic E-state index is 0.182. The van der Waals surface area contributed by atoms with Crippen molar-refractivity contribution in [2.24, 2.45) is 0 Å². The molecule has 0 aromatic carbocycles. The monoisotopic (exact) mass is 969 g/mol. The maximum absolute atomic E-state index is 12.9. The van der Waals surface area contributed by atoms with Crippen molar-refractivity contribution in [1.29, 1.82) is 0 Å².